The second-order valence-electron chi connectivity index (χ2n) is 3.98. The molecule has 0 atom stereocenters. The Bertz CT molecular complexity index is 492. The molecule has 0 radical (unpaired) electrons. The molecule has 1 aromatic heterocycles. The van der Waals surface area contributed by atoms with Gasteiger partial charge in [-0.2, -0.15) is 0 Å². The van der Waals surface area contributed by atoms with E-state index in [9.17, 15) is 4.79 Å². The minimum Gasteiger partial charge on any atom is -0.458 e. The van der Waals surface area contributed by atoms with Crippen molar-refractivity contribution >= 4 is 5.78 Å². The van der Waals surface area contributed by atoms with Crippen LogP contribution < -0.4 is 0 Å². The van der Waals surface area contributed by atoms with Crippen molar-refractivity contribution in [2.75, 3.05) is 0 Å². The fourth-order valence-corrected chi connectivity index (χ4v) is 1.57. The molecule has 82 valence electrons. The van der Waals surface area contributed by atoms with Gasteiger partial charge in [0.05, 0.1) is 0 Å². The van der Waals surface area contributed by atoms with E-state index in [4.69, 9.17) is 4.42 Å². The zero-order valence-corrected chi connectivity index (χ0v) is 9.49. The molecule has 16 heavy (non-hydrogen) atoms. The zero-order valence-electron chi connectivity index (χ0n) is 9.49. The highest BCUT2D eigenvalue weighted by atomic mass is 16.3. The van der Waals surface area contributed by atoms with Gasteiger partial charge in [0.15, 0.2) is 11.5 Å². The van der Waals surface area contributed by atoms with Crippen LogP contribution in [-0.2, 0) is 6.42 Å². The molecule has 2 rings (SSSR count). The molecular formula is C14H14O2. The number of rotatable bonds is 3. The zero-order chi connectivity index (χ0) is 11.5. The first-order valence-corrected chi connectivity index (χ1v) is 5.30. The quantitative estimate of drug-likeness (QED) is 0.733. The first-order chi connectivity index (χ1) is 7.65. The summed E-state index contributed by atoms with van der Waals surface area (Å²) in [5.41, 5.74) is 2.43. The molecule has 2 aromatic rings. The Morgan fingerprint density at radius 2 is 1.81 bits per heavy atom. The molecule has 2 heteroatoms. The molecule has 0 amide bonds. The Labute approximate surface area is 94.9 Å². The molecule has 0 aliphatic carbocycles. The van der Waals surface area contributed by atoms with Crippen molar-refractivity contribution in [2.24, 2.45) is 0 Å². The second-order valence-corrected chi connectivity index (χ2v) is 3.98. The van der Waals surface area contributed by atoms with Crippen LogP contribution in [0.25, 0.3) is 0 Å². The van der Waals surface area contributed by atoms with Gasteiger partial charge >= 0.3 is 0 Å². The minimum atomic E-state index is -0.0323. The molecule has 0 N–H and O–H groups in total. The van der Waals surface area contributed by atoms with Gasteiger partial charge in [-0.25, -0.2) is 0 Å². The predicted octanol–water partition coefficient (Wildman–Crippen LogP) is 3.38. The summed E-state index contributed by atoms with van der Waals surface area (Å²) in [5.74, 6) is 1.23. The van der Waals surface area contributed by atoms with E-state index in [1.165, 1.54) is 18.1 Å². The Hall–Kier alpha value is -1.83. The van der Waals surface area contributed by atoms with Crippen molar-refractivity contribution in [3.05, 3.63) is 59.0 Å². The largest absolute Gasteiger partial charge is 0.458 e. The van der Waals surface area contributed by atoms with E-state index in [0.29, 0.717) is 5.76 Å². The topological polar surface area (TPSA) is 30.2 Å². The van der Waals surface area contributed by atoms with Crippen molar-refractivity contribution in [2.45, 2.75) is 20.3 Å². The third-order valence-corrected chi connectivity index (χ3v) is 2.51. The predicted molar refractivity (Wildman–Crippen MR) is 62.7 cm³/mol. The SMILES string of the molecule is CC(=O)c1ccc(Cc2ccc(C)cc2)o1. The second kappa shape index (κ2) is 4.35. The van der Waals surface area contributed by atoms with Crippen LogP contribution in [0, 0.1) is 6.92 Å². The summed E-state index contributed by atoms with van der Waals surface area (Å²) in [5, 5.41) is 0. The number of hydrogen-bond acceptors (Lipinski definition) is 2. The molecule has 0 saturated carbocycles. The number of ketones is 1. The monoisotopic (exact) mass is 214 g/mol. The van der Waals surface area contributed by atoms with Gasteiger partial charge in [0.2, 0.25) is 0 Å². The third-order valence-electron chi connectivity index (χ3n) is 2.51. The number of hydrogen-bond donors (Lipinski definition) is 0. The number of furan rings is 1. The summed E-state index contributed by atoms with van der Waals surface area (Å²) >= 11 is 0. The molecule has 0 unspecified atom stereocenters. The summed E-state index contributed by atoms with van der Waals surface area (Å²) < 4.78 is 5.43. The van der Waals surface area contributed by atoms with Crippen molar-refractivity contribution in [3.8, 4) is 0 Å². The fourth-order valence-electron chi connectivity index (χ4n) is 1.57. The maximum absolute atomic E-state index is 11.1. The van der Waals surface area contributed by atoms with Crippen molar-refractivity contribution in [1.29, 1.82) is 0 Å². The lowest BCUT2D eigenvalue weighted by Crippen LogP contribution is -1.88. The number of aryl methyl sites for hydroxylation is 1. The van der Waals surface area contributed by atoms with E-state index in [-0.39, 0.29) is 5.78 Å². The lowest BCUT2D eigenvalue weighted by atomic mass is 10.1. The van der Waals surface area contributed by atoms with Crippen LogP contribution in [0.15, 0.2) is 40.8 Å². The Kier molecular flexibility index (Phi) is 2.91. The normalized spacial score (nSPS) is 10.4. The van der Waals surface area contributed by atoms with Crippen molar-refractivity contribution in [3.63, 3.8) is 0 Å². The Morgan fingerprint density at radius 1 is 1.12 bits per heavy atom. The molecule has 1 aromatic carbocycles. The van der Waals surface area contributed by atoms with E-state index >= 15 is 0 Å². The lowest BCUT2D eigenvalue weighted by molar-refractivity contribution is 0.0985. The van der Waals surface area contributed by atoms with E-state index in [2.05, 4.69) is 31.2 Å². The molecule has 0 aliphatic rings. The van der Waals surface area contributed by atoms with Gasteiger partial charge in [-0.05, 0) is 24.6 Å². The number of carbonyl (C=O) groups excluding carboxylic acids is 1. The van der Waals surface area contributed by atoms with Gasteiger partial charge in [0, 0.05) is 13.3 Å². The van der Waals surface area contributed by atoms with Gasteiger partial charge in [0.25, 0.3) is 0 Å². The van der Waals surface area contributed by atoms with E-state index in [0.717, 1.165) is 12.2 Å². The number of Topliss-reactive ketones (excluding diaryl/α,β-unsaturated/α-hetero) is 1. The van der Waals surface area contributed by atoms with E-state index in [1.54, 1.807) is 6.07 Å². The first-order valence-electron chi connectivity index (χ1n) is 5.30. The van der Waals surface area contributed by atoms with Crippen LogP contribution in [0.2, 0.25) is 0 Å². The molecule has 0 bridgehead atoms. The average Bonchev–Trinajstić information content (AvgIpc) is 2.70. The van der Waals surface area contributed by atoms with E-state index < -0.39 is 0 Å². The molecule has 0 aliphatic heterocycles. The summed E-state index contributed by atoms with van der Waals surface area (Å²) in [4.78, 5) is 11.1. The molecular weight excluding hydrogens is 200 g/mol. The van der Waals surface area contributed by atoms with Crippen molar-refractivity contribution < 1.29 is 9.21 Å². The summed E-state index contributed by atoms with van der Waals surface area (Å²) in [6, 6.07) is 11.9. The van der Waals surface area contributed by atoms with Crippen LogP contribution in [0.4, 0.5) is 0 Å². The van der Waals surface area contributed by atoms with Crippen LogP contribution in [0.5, 0.6) is 0 Å². The average molecular weight is 214 g/mol. The van der Waals surface area contributed by atoms with E-state index in [1.807, 2.05) is 6.07 Å². The molecule has 0 saturated heterocycles. The molecule has 2 nitrogen and oxygen atoms in total. The summed E-state index contributed by atoms with van der Waals surface area (Å²) in [6.45, 7) is 3.57. The summed E-state index contributed by atoms with van der Waals surface area (Å²) in [7, 11) is 0. The van der Waals surface area contributed by atoms with Crippen molar-refractivity contribution in [1.82, 2.24) is 0 Å². The van der Waals surface area contributed by atoms with Crippen LogP contribution in [0.1, 0.15) is 34.4 Å². The Balaban J connectivity index is 2.14. The highest BCUT2D eigenvalue weighted by molar-refractivity contribution is 5.91. The smallest absolute Gasteiger partial charge is 0.194 e. The van der Waals surface area contributed by atoms with Gasteiger partial charge < -0.3 is 4.42 Å². The van der Waals surface area contributed by atoms with Crippen LogP contribution >= 0.6 is 0 Å². The van der Waals surface area contributed by atoms with Crippen LogP contribution in [-0.4, -0.2) is 5.78 Å². The molecule has 0 spiro atoms. The standard InChI is InChI=1S/C14H14O2/c1-10-3-5-12(6-4-10)9-13-7-8-14(16-13)11(2)15/h3-8H,9H2,1-2H3. The first kappa shape index (κ1) is 10.7. The third kappa shape index (κ3) is 2.40. The molecule has 1 heterocycles. The maximum atomic E-state index is 11.1. The van der Waals surface area contributed by atoms with Crippen LogP contribution in [0.3, 0.4) is 0 Å². The van der Waals surface area contributed by atoms with Gasteiger partial charge in [-0.3, -0.25) is 4.79 Å². The van der Waals surface area contributed by atoms with Gasteiger partial charge in [0.1, 0.15) is 5.76 Å². The maximum Gasteiger partial charge on any atom is 0.194 e. The Morgan fingerprint density at radius 3 is 2.38 bits per heavy atom. The lowest BCUT2D eigenvalue weighted by Gasteiger charge is -1.99. The number of benzene rings is 1. The minimum absolute atomic E-state index is 0.0323. The highest BCUT2D eigenvalue weighted by Crippen LogP contribution is 2.14. The molecule has 0 fully saturated rings. The van der Waals surface area contributed by atoms with Gasteiger partial charge in [-0.15, -0.1) is 0 Å². The number of carbonyl (C=O) groups is 1. The summed E-state index contributed by atoms with van der Waals surface area (Å²) in [6.07, 6.45) is 0.730. The highest BCUT2D eigenvalue weighted by Gasteiger charge is 2.06. The fraction of sp³-hybridized carbons (Fsp3) is 0.214. The van der Waals surface area contributed by atoms with Gasteiger partial charge in [-0.1, -0.05) is 29.8 Å².